The average molecular weight is 219 g/mol. The lowest BCUT2D eigenvalue weighted by Crippen LogP contribution is -1.92. The van der Waals surface area contributed by atoms with Crippen LogP contribution in [0.2, 0.25) is 0 Å². The van der Waals surface area contributed by atoms with Crippen molar-refractivity contribution in [3.05, 3.63) is 35.9 Å². The Morgan fingerprint density at radius 3 is 2.80 bits per heavy atom. The summed E-state index contributed by atoms with van der Waals surface area (Å²) in [4.78, 5) is 4.62. The van der Waals surface area contributed by atoms with Crippen molar-refractivity contribution < 1.29 is 0 Å². The lowest BCUT2D eigenvalue weighted by Gasteiger charge is -2.03. The first-order valence-corrected chi connectivity index (χ1v) is 6.64. The normalized spacial score (nSPS) is 16.9. The molecule has 1 aliphatic heterocycles. The number of hydrogen-bond donors (Lipinski definition) is 0. The first kappa shape index (κ1) is 10.7. The highest BCUT2D eigenvalue weighted by Crippen LogP contribution is 2.20. The minimum absolute atomic E-state index is 1.04. The van der Waals surface area contributed by atoms with Gasteiger partial charge in [0.2, 0.25) is 0 Å². The molecule has 1 aliphatic rings. The highest BCUT2D eigenvalue weighted by molar-refractivity contribution is 8.13. The van der Waals surface area contributed by atoms with Crippen LogP contribution in [0, 0.1) is 0 Å². The minimum Gasteiger partial charge on any atom is -0.283 e. The summed E-state index contributed by atoms with van der Waals surface area (Å²) in [6.45, 7) is 1.04. The maximum Gasteiger partial charge on any atom is 0.0679 e. The van der Waals surface area contributed by atoms with Crippen LogP contribution in [0.5, 0.6) is 0 Å². The van der Waals surface area contributed by atoms with Crippen LogP contribution in [0.4, 0.5) is 0 Å². The maximum absolute atomic E-state index is 4.62. The highest BCUT2D eigenvalue weighted by atomic mass is 32.2. The summed E-state index contributed by atoms with van der Waals surface area (Å²) in [6.07, 6.45) is 5.13. The molecule has 80 valence electrons. The van der Waals surface area contributed by atoms with E-state index >= 15 is 0 Å². The van der Waals surface area contributed by atoms with Crippen molar-refractivity contribution in [1.29, 1.82) is 0 Å². The van der Waals surface area contributed by atoms with Gasteiger partial charge < -0.3 is 0 Å². The van der Waals surface area contributed by atoms with E-state index in [1.165, 1.54) is 36.3 Å². The van der Waals surface area contributed by atoms with Gasteiger partial charge in [0.25, 0.3) is 0 Å². The van der Waals surface area contributed by atoms with Crippen molar-refractivity contribution in [3.63, 3.8) is 0 Å². The van der Waals surface area contributed by atoms with Gasteiger partial charge in [-0.15, -0.1) is 11.8 Å². The van der Waals surface area contributed by atoms with Crippen molar-refractivity contribution in [2.75, 3.05) is 6.54 Å². The van der Waals surface area contributed by atoms with Crippen molar-refractivity contribution >= 4 is 16.8 Å². The smallest absolute Gasteiger partial charge is 0.0679 e. The maximum atomic E-state index is 4.62. The molecule has 0 unspecified atom stereocenters. The van der Waals surface area contributed by atoms with Gasteiger partial charge in [-0.3, -0.25) is 4.99 Å². The predicted molar refractivity (Wildman–Crippen MR) is 68.5 cm³/mol. The van der Waals surface area contributed by atoms with Crippen molar-refractivity contribution in [2.45, 2.75) is 31.4 Å². The molecule has 1 nitrogen and oxygen atoms in total. The molecule has 0 spiro atoms. The molecule has 2 rings (SSSR count). The van der Waals surface area contributed by atoms with E-state index in [-0.39, 0.29) is 0 Å². The van der Waals surface area contributed by atoms with E-state index in [1.54, 1.807) is 0 Å². The second-order valence-corrected chi connectivity index (χ2v) is 4.91. The van der Waals surface area contributed by atoms with Crippen molar-refractivity contribution in [2.24, 2.45) is 4.99 Å². The van der Waals surface area contributed by atoms with E-state index in [4.69, 9.17) is 0 Å². The van der Waals surface area contributed by atoms with Crippen LogP contribution in [0.1, 0.15) is 31.2 Å². The third kappa shape index (κ3) is 3.71. The Bertz CT molecular complexity index is 319. The van der Waals surface area contributed by atoms with Gasteiger partial charge in [-0.2, -0.15) is 0 Å². The van der Waals surface area contributed by atoms with E-state index in [9.17, 15) is 0 Å². The Balaban J connectivity index is 1.84. The first-order valence-electron chi connectivity index (χ1n) is 5.65. The topological polar surface area (TPSA) is 12.4 Å². The molecule has 15 heavy (non-hydrogen) atoms. The highest BCUT2D eigenvalue weighted by Gasteiger charge is 2.04. The van der Waals surface area contributed by atoms with Gasteiger partial charge in [0.05, 0.1) is 5.04 Å². The summed E-state index contributed by atoms with van der Waals surface area (Å²) in [7, 11) is 0. The lowest BCUT2D eigenvalue weighted by atomic mass is 10.2. The van der Waals surface area contributed by atoms with Crippen LogP contribution in [0.15, 0.2) is 35.3 Å². The summed E-state index contributed by atoms with van der Waals surface area (Å²) in [6, 6.07) is 10.6. The van der Waals surface area contributed by atoms with Gasteiger partial charge >= 0.3 is 0 Å². The minimum atomic E-state index is 1.04. The Morgan fingerprint density at radius 2 is 1.93 bits per heavy atom. The summed E-state index contributed by atoms with van der Waals surface area (Å²) >= 11 is 1.91. The molecule has 0 amide bonds. The summed E-state index contributed by atoms with van der Waals surface area (Å²) < 4.78 is 0. The molecule has 0 aliphatic carbocycles. The van der Waals surface area contributed by atoms with Crippen LogP contribution >= 0.6 is 11.8 Å². The standard InChI is InChI=1S/C13H17NS/c1-3-7-12(8-4-1)11-15-13-9-5-2-6-10-14-13/h1,3-4,7-8H,2,5-6,9-11H2. The number of hydrogen-bond acceptors (Lipinski definition) is 2. The van der Waals surface area contributed by atoms with Gasteiger partial charge in [0, 0.05) is 12.3 Å². The molecule has 1 aromatic rings. The number of rotatable bonds is 2. The number of benzene rings is 1. The molecular weight excluding hydrogens is 202 g/mol. The molecule has 0 saturated heterocycles. The quantitative estimate of drug-likeness (QED) is 0.735. The molecule has 1 aromatic carbocycles. The SMILES string of the molecule is c1ccc(CSC2=NCCCCC2)cc1. The van der Waals surface area contributed by atoms with E-state index < -0.39 is 0 Å². The number of thioether (sulfide) groups is 1. The molecule has 1 heterocycles. The van der Waals surface area contributed by atoms with Crippen LogP contribution in [0.25, 0.3) is 0 Å². The van der Waals surface area contributed by atoms with Gasteiger partial charge in [-0.1, -0.05) is 36.8 Å². The van der Waals surface area contributed by atoms with Crippen molar-refractivity contribution in [1.82, 2.24) is 0 Å². The van der Waals surface area contributed by atoms with Crippen LogP contribution < -0.4 is 0 Å². The zero-order chi connectivity index (χ0) is 10.3. The van der Waals surface area contributed by atoms with Gasteiger partial charge in [0.15, 0.2) is 0 Å². The lowest BCUT2D eigenvalue weighted by molar-refractivity contribution is 0.732. The molecule has 2 heteroatoms. The molecule has 0 fully saturated rings. The van der Waals surface area contributed by atoms with E-state index in [0.717, 1.165) is 12.3 Å². The van der Waals surface area contributed by atoms with Crippen LogP contribution in [-0.2, 0) is 5.75 Å². The van der Waals surface area contributed by atoms with Gasteiger partial charge in [0.1, 0.15) is 0 Å². The average Bonchev–Trinajstić information content (AvgIpc) is 2.56. The Labute approximate surface area is 96.0 Å². The first-order chi connectivity index (χ1) is 7.45. The summed E-state index contributed by atoms with van der Waals surface area (Å²) in [5.74, 6) is 1.07. The molecule has 0 aromatic heterocycles. The molecule has 0 saturated carbocycles. The molecule has 0 radical (unpaired) electrons. The zero-order valence-electron chi connectivity index (χ0n) is 8.98. The zero-order valence-corrected chi connectivity index (χ0v) is 9.80. The second-order valence-electron chi connectivity index (χ2n) is 3.86. The van der Waals surface area contributed by atoms with Gasteiger partial charge in [-0.05, 0) is 24.8 Å². The third-order valence-corrected chi connectivity index (χ3v) is 3.73. The Kier molecular flexibility index (Phi) is 4.27. The summed E-state index contributed by atoms with van der Waals surface area (Å²) in [5, 5.41) is 1.36. The fraction of sp³-hybridized carbons (Fsp3) is 0.462. The van der Waals surface area contributed by atoms with Crippen molar-refractivity contribution in [3.8, 4) is 0 Å². The second kappa shape index (κ2) is 5.96. The van der Waals surface area contributed by atoms with E-state index in [0.29, 0.717) is 0 Å². The molecular formula is C13H17NS. The van der Waals surface area contributed by atoms with Crippen LogP contribution in [0.3, 0.4) is 0 Å². The number of nitrogens with zero attached hydrogens (tertiary/aromatic N) is 1. The number of aliphatic imine (C=N–C) groups is 1. The Hall–Kier alpha value is -0.760. The van der Waals surface area contributed by atoms with Crippen LogP contribution in [-0.4, -0.2) is 11.6 Å². The van der Waals surface area contributed by atoms with Gasteiger partial charge in [-0.25, -0.2) is 0 Å². The Morgan fingerprint density at radius 1 is 1.07 bits per heavy atom. The fourth-order valence-corrected chi connectivity index (χ4v) is 2.70. The largest absolute Gasteiger partial charge is 0.283 e. The monoisotopic (exact) mass is 219 g/mol. The third-order valence-electron chi connectivity index (χ3n) is 2.59. The molecule has 0 N–H and O–H groups in total. The van der Waals surface area contributed by atoms with E-state index in [1.807, 2.05) is 11.8 Å². The molecule has 0 atom stereocenters. The van der Waals surface area contributed by atoms with E-state index in [2.05, 4.69) is 35.3 Å². The predicted octanol–water partition coefficient (Wildman–Crippen LogP) is 3.89. The fourth-order valence-electron chi connectivity index (χ4n) is 1.71. The summed E-state index contributed by atoms with van der Waals surface area (Å²) in [5.41, 5.74) is 1.40. The molecule has 0 bridgehead atoms.